The first-order valence-corrected chi connectivity index (χ1v) is 6.98. The fourth-order valence-corrected chi connectivity index (χ4v) is 2.83. The van der Waals surface area contributed by atoms with Gasteiger partial charge in [-0.25, -0.2) is 0 Å². The van der Waals surface area contributed by atoms with Crippen molar-refractivity contribution in [3.63, 3.8) is 0 Å². The molecule has 1 fully saturated rings. The van der Waals surface area contributed by atoms with Gasteiger partial charge in [0.15, 0.2) is 6.29 Å². The third kappa shape index (κ3) is 4.72. The first-order chi connectivity index (χ1) is 7.27. The zero-order valence-electron chi connectivity index (χ0n) is 10.1. The SMILES string of the molecule is CCOC(CN1CCSCC1C)OCC. The monoisotopic (exact) mass is 233 g/mol. The van der Waals surface area contributed by atoms with Gasteiger partial charge in [-0.1, -0.05) is 0 Å². The van der Waals surface area contributed by atoms with E-state index in [1.807, 2.05) is 25.6 Å². The third-order valence-electron chi connectivity index (χ3n) is 2.59. The smallest absolute Gasteiger partial charge is 0.170 e. The topological polar surface area (TPSA) is 21.7 Å². The maximum Gasteiger partial charge on any atom is 0.170 e. The molecule has 3 nitrogen and oxygen atoms in total. The minimum Gasteiger partial charge on any atom is -0.352 e. The molecule has 0 radical (unpaired) electrons. The molecule has 4 heteroatoms. The highest BCUT2D eigenvalue weighted by atomic mass is 32.2. The molecule has 1 saturated heterocycles. The molecule has 1 unspecified atom stereocenters. The van der Waals surface area contributed by atoms with Crippen molar-refractivity contribution in [1.29, 1.82) is 0 Å². The predicted octanol–water partition coefficient (Wildman–Crippen LogP) is 1.82. The molecule has 90 valence electrons. The second-order valence-electron chi connectivity index (χ2n) is 3.76. The van der Waals surface area contributed by atoms with E-state index in [0.717, 1.165) is 26.3 Å². The summed E-state index contributed by atoms with van der Waals surface area (Å²) in [5.41, 5.74) is 0. The summed E-state index contributed by atoms with van der Waals surface area (Å²) in [6.07, 6.45) is -0.0504. The zero-order valence-corrected chi connectivity index (χ0v) is 10.9. The number of hydrogen-bond donors (Lipinski definition) is 0. The molecule has 0 saturated carbocycles. The van der Waals surface area contributed by atoms with Crippen LogP contribution in [0.1, 0.15) is 20.8 Å². The lowest BCUT2D eigenvalue weighted by molar-refractivity contribution is -0.149. The second kappa shape index (κ2) is 7.49. The van der Waals surface area contributed by atoms with E-state index in [9.17, 15) is 0 Å². The summed E-state index contributed by atoms with van der Waals surface area (Å²) in [5, 5.41) is 0. The lowest BCUT2D eigenvalue weighted by Crippen LogP contribution is -2.45. The Bertz CT molecular complexity index is 163. The van der Waals surface area contributed by atoms with Gasteiger partial charge in [-0.15, -0.1) is 0 Å². The van der Waals surface area contributed by atoms with Crippen molar-refractivity contribution in [1.82, 2.24) is 4.90 Å². The van der Waals surface area contributed by atoms with Crippen LogP contribution in [0, 0.1) is 0 Å². The van der Waals surface area contributed by atoms with Crippen LogP contribution in [0.25, 0.3) is 0 Å². The number of nitrogens with zero attached hydrogens (tertiary/aromatic N) is 1. The number of hydrogen-bond acceptors (Lipinski definition) is 4. The average molecular weight is 233 g/mol. The molecule has 1 aliphatic heterocycles. The van der Waals surface area contributed by atoms with Crippen LogP contribution in [0.15, 0.2) is 0 Å². The molecular formula is C11H23NO2S. The van der Waals surface area contributed by atoms with Crippen LogP contribution in [0.3, 0.4) is 0 Å². The Morgan fingerprint density at radius 1 is 1.33 bits per heavy atom. The van der Waals surface area contributed by atoms with Gasteiger partial charge in [-0.2, -0.15) is 11.8 Å². The molecule has 1 heterocycles. The molecule has 0 amide bonds. The van der Waals surface area contributed by atoms with Crippen molar-refractivity contribution in [2.45, 2.75) is 33.1 Å². The van der Waals surface area contributed by atoms with Crippen LogP contribution in [0.5, 0.6) is 0 Å². The van der Waals surface area contributed by atoms with E-state index in [0.29, 0.717) is 6.04 Å². The summed E-state index contributed by atoms with van der Waals surface area (Å²) < 4.78 is 11.1. The largest absolute Gasteiger partial charge is 0.352 e. The Kier molecular flexibility index (Phi) is 6.64. The maximum absolute atomic E-state index is 5.56. The summed E-state index contributed by atoms with van der Waals surface area (Å²) >= 11 is 2.04. The predicted molar refractivity (Wildman–Crippen MR) is 65.4 cm³/mol. The zero-order chi connectivity index (χ0) is 11.1. The number of ether oxygens (including phenoxy) is 2. The molecule has 0 aromatic heterocycles. The van der Waals surface area contributed by atoms with Gasteiger partial charge in [-0.3, -0.25) is 4.90 Å². The lowest BCUT2D eigenvalue weighted by Gasteiger charge is -2.35. The van der Waals surface area contributed by atoms with Crippen molar-refractivity contribution < 1.29 is 9.47 Å². The minimum atomic E-state index is -0.0504. The second-order valence-corrected chi connectivity index (χ2v) is 4.91. The van der Waals surface area contributed by atoms with Crippen LogP contribution < -0.4 is 0 Å². The molecule has 0 bridgehead atoms. The van der Waals surface area contributed by atoms with E-state index in [1.165, 1.54) is 11.5 Å². The summed E-state index contributed by atoms with van der Waals surface area (Å²) in [7, 11) is 0. The van der Waals surface area contributed by atoms with Crippen LogP contribution in [0.4, 0.5) is 0 Å². The summed E-state index contributed by atoms with van der Waals surface area (Å²) in [6.45, 7) is 9.82. The summed E-state index contributed by atoms with van der Waals surface area (Å²) in [4.78, 5) is 2.46. The molecule has 15 heavy (non-hydrogen) atoms. The van der Waals surface area contributed by atoms with Gasteiger partial charge in [0.25, 0.3) is 0 Å². The van der Waals surface area contributed by atoms with Crippen molar-refractivity contribution in [2.24, 2.45) is 0 Å². The highest BCUT2D eigenvalue weighted by molar-refractivity contribution is 7.99. The van der Waals surface area contributed by atoms with Gasteiger partial charge < -0.3 is 9.47 Å². The number of thioether (sulfide) groups is 1. The Balaban J connectivity index is 2.33. The van der Waals surface area contributed by atoms with E-state index in [2.05, 4.69) is 11.8 Å². The quantitative estimate of drug-likeness (QED) is 0.652. The first kappa shape index (κ1) is 13.3. The van der Waals surface area contributed by atoms with Crippen molar-refractivity contribution in [3.8, 4) is 0 Å². The molecule has 1 atom stereocenters. The summed E-state index contributed by atoms with van der Waals surface area (Å²) in [6, 6.07) is 0.646. The normalized spacial score (nSPS) is 23.6. The van der Waals surface area contributed by atoms with E-state index in [1.54, 1.807) is 0 Å². The Morgan fingerprint density at radius 3 is 2.53 bits per heavy atom. The van der Waals surface area contributed by atoms with Gasteiger partial charge in [0, 0.05) is 43.9 Å². The van der Waals surface area contributed by atoms with Gasteiger partial charge in [-0.05, 0) is 20.8 Å². The van der Waals surface area contributed by atoms with Crippen LogP contribution in [-0.4, -0.2) is 55.0 Å². The van der Waals surface area contributed by atoms with Crippen molar-refractivity contribution >= 4 is 11.8 Å². The Morgan fingerprint density at radius 2 is 2.00 bits per heavy atom. The fourth-order valence-electron chi connectivity index (χ4n) is 1.75. The van der Waals surface area contributed by atoms with Crippen LogP contribution in [0.2, 0.25) is 0 Å². The van der Waals surface area contributed by atoms with Gasteiger partial charge in [0.1, 0.15) is 0 Å². The highest BCUT2D eigenvalue weighted by Gasteiger charge is 2.22. The standard InChI is InChI=1S/C11H23NO2S/c1-4-13-11(14-5-2)8-12-6-7-15-9-10(12)3/h10-11H,4-9H2,1-3H3. The lowest BCUT2D eigenvalue weighted by atomic mass is 10.3. The highest BCUT2D eigenvalue weighted by Crippen LogP contribution is 2.16. The van der Waals surface area contributed by atoms with E-state index in [4.69, 9.17) is 9.47 Å². The molecule has 0 aromatic carbocycles. The van der Waals surface area contributed by atoms with Crippen molar-refractivity contribution in [2.75, 3.05) is 37.8 Å². The Hall–Kier alpha value is 0.230. The minimum absolute atomic E-state index is 0.0504. The molecule has 0 aliphatic carbocycles. The fraction of sp³-hybridized carbons (Fsp3) is 1.00. The van der Waals surface area contributed by atoms with E-state index in [-0.39, 0.29) is 6.29 Å². The molecule has 1 aliphatic rings. The average Bonchev–Trinajstić information content (AvgIpc) is 2.22. The van der Waals surface area contributed by atoms with E-state index < -0.39 is 0 Å². The maximum atomic E-state index is 5.56. The summed E-state index contributed by atoms with van der Waals surface area (Å²) in [5.74, 6) is 2.46. The van der Waals surface area contributed by atoms with Crippen LogP contribution in [-0.2, 0) is 9.47 Å². The van der Waals surface area contributed by atoms with Gasteiger partial charge in [0.2, 0.25) is 0 Å². The molecule has 1 rings (SSSR count). The van der Waals surface area contributed by atoms with Gasteiger partial charge >= 0.3 is 0 Å². The van der Waals surface area contributed by atoms with Crippen LogP contribution >= 0.6 is 11.8 Å². The molecule has 0 aromatic rings. The third-order valence-corrected chi connectivity index (χ3v) is 3.78. The molecular weight excluding hydrogens is 210 g/mol. The molecule has 0 spiro atoms. The Labute approximate surface area is 97.5 Å². The first-order valence-electron chi connectivity index (χ1n) is 5.82. The van der Waals surface area contributed by atoms with Crippen molar-refractivity contribution in [3.05, 3.63) is 0 Å². The van der Waals surface area contributed by atoms with Gasteiger partial charge in [0.05, 0.1) is 0 Å². The number of rotatable bonds is 6. The van der Waals surface area contributed by atoms with E-state index >= 15 is 0 Å². The molecule has 0 N–H and O–H groups in total.